The van der Waals surface area contributed by atoms with E-state index in [-0.39, 0.29) is 17.0 Å². The van der Waals surface area contributed by atoms with Gasteiger partial charge in [0.1, 0.15) is 11.6 Å². The first-order chi connectivity index (χ1) is 12.3. The highest BCUT2D eigenvalue weighted by Crippen LogP contribution is 2.36. The number of nitrogens with zero attached hydrogens (tertiary/aromatic N) is 2. The summed E-state index contributed by atoms with van der Waals surface area (Å²) in [6.45, 7) is 0. The Kier molecular flexibility index (Phi) is 6.49. The van der Waals surface area contributed by atoms with Crippen molar-refractivity contribution in [1.82, 2.24) is 0 Å². The van der Waals surface area contributed by atoms with Crippen LogP contribution < -0.4 is 10.1 Å². The maximum Gasteiger partial charge on any atom is 0.312 e. The number of rotatable bonds is 5. The third kappa shape index (κ3) is 4.68. The van der Waals surface area contributed by atoms with Crippen molar-refractivity contribution in [1.29, 1.82) is 5.26 Å². The Morgan fingerprint density at radius 1 is 1.35 bits per heavy atom. The van der Waals surface area contributed by atoms with Gasteiger partial charge in [-0.05, 0) is 51.8 Å². The highest BCUT2D eigenvalue weighted by Gasteiger charge is 2.20. The van der Waals surface area contributed by atoms with Gasteiger partial charge >= 0.3 is 5.69 Å². The summed E-state index contributed by atoms with van der Waals surface area (Å²) in [6, 6.07) is 11.4. The van der Waals surface area contributed by atoms with Gasteiger partial charge in [0.05, 0.1) is 16.5 Å². The quantitative estimate of drug-likeness (QED) is 0.289. The molecule has 0 aliphatic rings. The van der Waals surface area contributed by atoms with Gasteiger partial charge in [-0.1, -0.05) is 22.0 Å². The van der Waals surface area contributed by atoms with E-state index in [1.807, 2.05) is 0 Å². The molecule has 2 rings (SSSR count). The number of halogens is 2. The molecule has 0 unspecified atom stereocenters. The van der Waals surface area contributed by atoms with Gasteiger partial charge in [-0.25, -0.2) is 0 Å². The molecule has 0 spiro atoms. The lowest BCUT2D eigenvalue weighted by molar-refractivity contribution is -0.385. The predicted molar refractivity (Wildman–Crippen MR) is 104 cm³/mol. The Morgan fingerprint density at radius 2 is 2.08 bits per heavy atom. The molecule has 0 saturated heterocycles. The molecule has 1 amide bonds. The van der Waals surface area contributed by atoms with Crippen molar-refractivity contribution in [2.45, 2.75) is 0 Å². The Labute approximate surface area is 165 Å². The summed E-state index contributed by atoms with van der Waals surface area (Å²) in [7, 11) is 1.31. The van der Waals surface area contributed by atoms with Crippen molar-refractivity contribution in [2.24, 2.45) is 0 Å². The van der Waals surface area contributed by atoms with E-state index in [9.17, 15) is 20.2 Å². The Bertz CT molecular complexity index is 952. The van der Waals surface area contributed by atoms with Crippen molar-refractivity contribution < 1.29 is 14.5 Å². The number of methoxy groups -OCH3 is 1. The van der Waals surface area contributed by atoms with E-state index in [2.05, 4.69) is 37.2 Å². The van der Waals surface area contributed by atoms with Crippen LogP contribution in [0.2, 0.25) is 0 Å². The van der Waals surface area contributed by atoms with Crippen LogP contribution in [0.15, 0.2) is 50.9 Å². The number of carbonyl (C=O) groups excluding carboxylic acids is 1. The second-order valence-corrected chi connectivity index (χ2v) is 6.72. The average Bonchev–Trinajstić information content (AvgIpc) is 2.58. The molecule has 0 fully saturated rings. The predicted octanol–water partition coefficient (Wildman–Crippen LogP) is 4.67. The molecule has 1 N–H and O–H groups in total. The number of amides is 1. The maximum absolute atomic E-state index is 12.3. The van der Waals surface area contributed by atoms with Crippen LogP contribution in [0.5, 0.6) is 5.75 Å². The summed E-state index contributed by atoms with van der Waals surface area (Å²) < 4.78 is 6.11. The van der Waals surface area contributed by atoms with Crippen LogP contribution in [0.4, 0.5) is 11.4 Å². The molecule has 7 nitrogen and oxygen atoms in total. The number of carbonyl (C=O) groups is 1. The second kappa shape index (κ2) is 8.60. The fraction of sp³-hybridized carbons (Fsp3) is 0.0588. The molecule has 0 heterocycles. The van der Waals surface area contributed by atoms with Gasteiger partial charge in [-0.15, -0.1) is 0 Å². The topological polar surface area (TPSA) is 105 Å². The van der Waals surface area contributed by atoms with Crippen molar-refractivity contribution in [3.63, 3.8) is 0 Å². The van der Waals surface area contributed by atoms with Crippen LogP contribution in [0, 0.1) is 21.4 Å². The minimum atomic E-state index is -0.625. The molecular weight excluding hydrogens is 470 g/mol. The number of nitro groups is 1. The van der Waals surface area contributed by atoms with Crippen molar-refractivity contribution in [3.8, 4) is 11.8 Å². The van der Waals surface area contributed by atoms with Crippen LogP contribution in [0.1, 0.15) is 5.56 Å². The third-order valence-corrected chi connectivity index (χ3v) is 4.29. The Hall–Kier alpha value is -2.70. The third-order valence-electron chi connectivity index (χ3n) is 3.21. The van der Waals surface area contributed by atoms with Gasteiger partial charge in [0.25, 0.3) is 5.91 Å². The number of nitro benzene ring substituents is 1. The van der Waals surface area contributed by atoms with Crippen LogP contribution in [-0.4, -0.2) is 17.9 Å². The average molecular weight is 481 g/mol. The molecule has 0 radical (unpaired) electrons. The van der Waals surface area contributed by atoms with Crippen LogP contribution in [-0.2, 0) is 4.79 Å². The molecule has 26 heavy (non-hydrogen) atoms. The first kappa shape index (κ1) is 19.6. The second-order valence-electron chi connectivity index (χ2n) is 4.95. The van der Waals surface area contributed by atoms with E-state index in [1.54, 1.807) is 30.3 Å². The molecule has 9 heteroatoms. The monoisotopic (exact) mass is 479 g/mol. The smallest absolute Gasteiger partial charge is 0.312 e. The molecular formula is C17H11Br2N3O4. The molecule has 0 saturated carbocycles. The highest BCUT2D eigenvalue weighted by atomic mass is 79.9. The zero-order chi connectivity index (χ0) is 19.3. The molecule has 0 atom stereocenters. The lowest BCUT2D eigenvalue weighted by Gasteiger charge is -2.07. The van der Waals surface area contributed by atoms with Gasteiger partial charge in [-0.3, -0.25) is 14.9 Å². The number of benzene rings is 2. The molecule has 132 valence electrons. The van der Waals surface area contributed by atoms with Gasteiger partial charge in [0, 0.05) is 16.2 Å². The van der Waals surface area contributed by atoms with Crippen LogP contribution in [0.25, 0.3) is 6.08 Å². The summed E-state index contributed by atoms with van der Waals surface area (Å²) >= 11 is 6.48. The maximum atomic E-state index is 12.3. The molecule has 2 aromatic carbocycles. The van der Waals surface area contributed by atoms with E-state index < -0.39 is 10.8 Å². The minimum Gasteiger partial charge on any atom is -0.489 e. The Balaban J connectivity index is 2.38. The number of ether oxygens (including phenoxy) is 1. The zero-order valence-corrected chi connectivity index (χ0v) is 16.5. The largest absolute Gasteiger partial charge is 0.489 e. The normalized spacial score (nSPS) is 10.8. The summed E-state index contributed by atoms with van der Waals surface area (Å²) in [6.07, 6.45) is 1.27. The lowest BCUT2D eigenvalue weighted by atomic mass is 10.1. The summed E-state index contributed by atoms with van der Waals surface area (Å²) in [4.78, 5) is 22.9. The number of nitriles is 1. The minimum absolute atomic E-state index is 0.0595. The fourth-order valence-electron chi connectivity index (χ4n) is 2.10. The first-order valence-corrected chi connectivity index (χ1v) is 8.65. The van der Waals surface area contributed by atoms with E-state index in [0.717, 1.165) is 4.47 Å². The standard InChI is InChI=1S/C17H11Br2N3O4/c1-26-16-14(19)6-10(7-15(16)22(24)25)5-11(9-20)17(23)21-13-4-2-3-12(18)8-13/h2-8H,1H3,(H,21,23)/b11-5-. The van der Waals surface area contributed by atoms with E-state index in [0.29, 0.717) is 15.7 Å². The molecule has 0 aliphatic carbocycles. The van der Waals surface area contributed by atoms with E-state index in [4.69, 9.17) is 4.74 Å². The number of nitrogens with one attached hydrogen (secondary N) is 1. The Morgan fingerprint density at radius 3 is 2.65 bits per heavy atom. The van der Waals surface area contributed by atoms with E-state index >= 15 is 0 Å². The first-order valence-electron chi connectivity index (χ1n) is 7.06. The van der Waals surface area contributed by atoms with Gasteiger partial charge in [0.2, 0.25) is 5.75 Å². The van der Waals surface area contributed by atoms with Crippen molar-refractivity contribution in [3.05, 3.63) is 66.6 Å². The molecule has 0 bridgehead atoms. The van der Waals surface area contributed by atoms with Crippen LogP contribution in [0.3, 0.4) is 0 Å². The van der Waals surface area contributed by atoms with E-state index in [1.165, 1.54) is 25.3 Å². The van der Waals surface area contributed by atoms with Crippen molar-refractivity contribution >= 4 is 55.2 Å². The summed E-state index contributed by atoms with van der Waals surface area (Å²) in [5, 5.41) is 23.1. The molecule has 0 aromatic heterocycles. The fourth-order valence-corrected chi connectivity index (χ4v) is 3.13. The van der Waals surface area contributed by atoms with Gasteiger partial charge in [-0.2, -0.15) is 5.26 Å². The summed E-state index contributed by atoms with van der Waals surface area (Å²) in [5.41, 5.74) is 0.340. The van der Waals surface area contributed by atoms with Gasteiger partial charge < -0.3 is 10.1 Å². The summed E-state index contributed by atoms with van der Waals surface area (Å²) in [5.74, 6) is -0.565. The van der Waals surface area contributed by atoms with Crippen LogP contribution >= 0.6 is 31.9 Å². The lowest BCUT2D eigenvalue weighted by Crippen LogP contribution is -2.13. The number of hydrogen-bond donors (Lipinski definition) is 1. The SMILES string of the molecule is COc1c(Br)cc(/C=C(/C#N)C(=O)Nc2cccc(Br)c2)cc1[N+](=O)[O-]. The number of anilines is 1. The van der Waals surface area contributed by atoms with Crippen molar-refractivity contribution in [2.75, 3.05) is 12.4 Å². The zero-order valence-electron chi connectivity index (χ0n) is 13.3. The molecule has 0 aliphatic heterocycles. The highest BCUT2D eigenvalue weighted by molar-refractivity contribution is 9.10. The molecule has 2 aromatic rings. The van der Waals surface area contributed by atoms with Gasteiger partial charge in [0.15, 0.2) is 0 Å². The number of hydrogen-bond acceptors (Lipinski definition) is 5.